The highest BCUT2D eigenvalue weighted by Crippen LogP contribution is 1.99. The average molecular weight is 176 g/mol. The van der Waals surface area contributed by atoms with Crippen molar-refractivity contribution < 1.29 is 4.52 Å². The quantitative estimate of drug-likeness (QED) is 0.682. The van der Waals surface area contributed by atoms with E-state index >= 15 is 0 Å². The van der Waals surface area contributed by atoms with Gasteiger partial charge in [-0.3, -0.25) is 4.79 Å². The molecule has 0 amide bonds. The summed E-state index contributed by atoms with van der Waals surface area (Å²) in [6, 6.07) is 4.81. The van der Waals surface area contributed by atoms with Gasteiger partial charge in [0.25, 0.3) is 0 Å². The average Bonchev–Trinajstić information content (AvgIpc) is 2.62. The van der Waals surface area contributed by atoms with Crippen LogP contribution in [0.25, 0.3) is 0 Å². The second kappa shape index (κ2) is 3.26. The molecule has 66 valence electrons. The van der Waals surface area contributed by atoms with E-state index in [-0.39, 0.29) is 5.43 Å². The molecule has 4 nitrogen and oxygen atoms in total. The largest absolute Gasteiger partial charge is 0.359 e. The zero-order valence-electron chi connectivity index (χ0n) is 6.88. The fraction of sp³-hybridized carbons (Fsp3) is 0.111. The third-order valence-electron chi connectivity index (χ3n) is 1.69. The van der Waals surface area contributed by atoms with E-state index in [2.05, 4.69) is 5.16 Å². The third kappa shape index (κ3) is 1.84. The molecule has 0 aliphatic rings. The molecule has 0 atom stereocenters. The summed E-state index contributed by atoms with van der Waals surface area (Å²) < 4.78 is 6.77. The summed E-state index contributed by atoms with van der Waals surface area (Å²) in [4.78, 5) is 10.8. The molecule has 0 spiro atoms. The molecule has 4 heteroatoms. The van der Waals surface area contributed by atoms with Gasteiger partial charge in [-0.15, -0.1) is 0 Å². The van der Waals surface area contributed by atoms with Crippen molar-refractivity contribution >= 4 is 0 Å². The molecule has 0 radical (unpaired) electrons. The predicted molar refractivity (Wildman–Crippen MR) is 46.3 cm³/mol. The Morgan fingerprint density at radius 3 is 2.69 bits per heavy atom. The van der Waals surface area contributed by atoms with Gasteiger partial charge < -0.3 is 9.09 Å². The van der Waals surface area contributed by atoms with Crippen LogP contribution in [0.15, 0.2) is 46.1 Å². The van der Waals surface area contributed by atoms with Crippen molar-refractivity contribution in [3.8, 4) is 0 Å². The zero-order valence-corrected chi connectivity index (χ0v) is 6.88. The summed E-state index contributed by atoms with van der Waals surface area (Å²) in [5.74, 6) is 0.767. The Morgan fingerprint density at radius 2 is 2.08 bits per heavy atom. The minimum atomic E-state index is 0.00817. The third-order valence-corrected chi connectivity index (χ3v) is 1.69. The van der Waals surface area contributed by atoms with Crippen LogP contribution in [0.3, 0.4) is 0 Å². The van der Waals surface area contributed by atoms with E-state index < -0.39 is 0 Å². The van der Waals surface area contributed by atoms with Gasteiger partial charge in [-0.25, -0.2) is 0 Å². The summed E-state index contributed by atoms with van der Waals surface area (Å²) >= 11 is 0. The molecular weight excluding hydrogens is 168 g/mol. The van der Waals surface area contributed by atoms with Crippen molar-refractivity contribution in [3.63, 3.8) is 0 Å². The van der Waals surface area contributed by atoms with E-state index in [1.807, 2.05) is 4.57 Å². The maximum Gasteiger partial charge on any atom is 0.181 e. The fourth-order valence-corrected chi connectivity index (χ4v) is 1.05. The molecule has 0 bridgehead atoms. The number of hydrogen-bond acceptors (Lipinski definition) is 3. The van der Waals surface area contributed by atoms with Gasteiger partial charge in [-0.05, 0) is 0 Å². The first-order valence-corrected chi connectivity index (χ1v) is 3.90. The number of aromatic nitrogens is 2. The maximum atomic E-state index is 10.8. The molecule has 2 aromatic rings. The number of pyridine rings is 1. The molecule has 0 saturated carbocycles. The summed E-state index contributed by atoms with van der Waals surface area (Å²) in [6.45, 7) is 0.597. The standard InChI is InChI=1S/C9H8N2O2/c12-8-2-5-11(6-3-8)7-9-1-4-10-13-9/h1-6H,7H2. The first-order chi connectivity index (χ1) is 6.34. The second-order valence-corrected chi connectivity index (χ2v) is 2.68. The van der Waals surface area contributed by atoms with Crippen molar-refractivity contribution in [2.24, 2.45) is 0 Å². The van der Waals surface area contributed by atoms with Gasteiger partial charge in [0, 0.05) is 30.6 Å². The van der Waals surface area contributed by atoms with Crippen LogP contribution in [0.5, 0.6) is 0 Å². The molecule has 2 aromatic heterocycles. The van der Waals surface area contributed by atoms with Gasteiger partial charge in [0.2, 0.25) is 0 Å². The Morgan fingerprint density at radius 1 is 1.31 bits per heavy atom. The molecule has 0 aliphatic carbocycles. The van der Waals surface area contributed by atoms with Gasteiger partial charge in [0.05, 0.1) is 12.7 Å². The lowest BCUT2D eigenvalue weighted by Crippen LogP contribution is -2.03. The van der Waals surface area contributed by atoms with Crippen LogP contribution in [-0.2, 0) is 6.54 Å². The lowest BCUT2D eigenvalue weighted by Gasteiger charge is -2.00. The number of hydrogen-bond donors (Lipinski definition) is 0. The molecular formula is C9H8N2O2. The molecule has 0 unspecified atom stereocenters. The SMILES string of the molecule is O=c1ccn(Cc2ccno2)cc1. The van der Waals surface area contributed by atoms with E-state index in [0.717, 1.165) is 5.76 Å². The Hall–Kier alpha value is -1.84. The van der Waals surface area contributed by atoms with E-state index in [1.165, 1.54) is 12.1 Å². The van der Waals surface area contributed by atoms with E-state index in [9.17, 15) is 4.79 Å². The lowest BCUT2D eigenvalue weighted by molar-refractivity contribution is 0.376. The number of nitrogens with zero attached hydrogens (tertiary/aromatic N) is 2. The molecule has 2 rings (SSSR count). The van der Waals surface area contributed by atoms with Gasteiger partial charge in [0.1, 0.15) is 0 Å². The molecule has 13 heavy (non-hydrogen) atoms. The highest BCUT2D eigenvalue weighted by Gasteiger charge is 1.96. The van der Waals surface area contributed by atoms with Crippen LogP contribution in [0.1, 0.15) is 5.76 Å². The lowest BCUT2D eigenvalue weighted by atomic mass is 10.4. The molecule has 0 aromatic carbocycles. The maximum absolute atomic E-state index is 10.8. The molecule has 0 fully saturated rings. The molecule has 2 heterocycles. The summed E-state index contributed by atoms with van der Waals surface area (Å²) in [5, 5.41) is 3.59. The van der Waals surface area contributed by atoms with Crippen LogP contribution in [0, 0.1) is 0 Å². The Labute approximate surface area is 74.4 Å². The molecule has 0 aliphatic heterocycles. The Bertz CT molecular complexity index is 411. The van der Waals surface area contributed by atoms with Gasteiger partial charge >= 0.3 is 0 Å². The molecule has 0 saturated heterocycles. The first kappa shape index (κ1) is 7.79. The highest BCUT2D eigenvalue weighted by molar-refractivity contribution is 4.99. The van der Waals surface area contributed by atoms with Crippen LogP contribution in [-0.4, -0.2) is 9.72 Å². The zero-order chi connectivity index (χ0) is 9.10. The van der Waals surface area contributed by atoms with Crippen LogP contribution >= 0.6 is 0 Å². The van der Waals surface area contributed by atoms with Gasteiger partial charge in [0.15, 0.2) is 11.2 Å². The first-order valence-electron chi connectivity index (χ1n) is 3.90. The van der Waals surface area contributed by atoms with E-state index in [4.69, 9.17) is 4.52 Å². The Balaban J connectivity index is 2.19. The van der Waals surface area contributed by atoms with Gasteiger partial charge in [-0.1, -0.05) is 5.16 Å². The minimum absolute atomic E-state index is 0.00817. The molecule has 0 N–H and O–H groups in total. The smallest absolute Gasteiger partial charge is 0.181 e. The second-order valence-electron chi connectivity index (χ2n) is 2.68. The van der Waals surface area contributed by atoms with Crippen LogP contribution < -0.4 is 5.43 Å². The van der Waals surface area contributed by atoms with E-state index in [1.54, 1.807) is 24.7 Å². The van der Waals surface area contributed by atoms with Crippen molar-refractivity contribution in [2.75, 3.05) is 0 Å². The van der Waals surface area contributed by atoms with Crippen LogP contribution in [0.2, 0.25) is 0 Å². The van der Waals surface area contributed by atoms with Crippen molar-refractivity contribution in [3.05, 3.63) is 52.8 Å². The van der Waals surface area contributed by atoms with Gasteiger partial charge in [-0.2, -0.15) is 0 Å². The summed E-state index contributed by atoms with van der Waals surface area (Å²) in [5.41, 5.74) is 0.00817. The van der Waals surface area contributed by atoms with E-state index in [0.29, 0.717) is 6.54 Å². The van der Waals surface area contributed by atoms with Crippen molar-refractivity contribution in [2.45, 2.75) is 6.54 Å². The van der Waals surface area contributed by atoms with Crippen molar-refractivity contribution in [1.29, 1.82) is 0 Å². The summed E-state index contributed by atoms with van der Waals surface area (Å²) in [7, 11) is 0. The predicted octanol–water partition coefficient (Wildman–Crippen LogP) is 0.885. The summed E-state index contributed by atoms with van der Waals surface area (Å²) in [6.07, 6.45) is 5.02. The fourth-order valence-electron chi connectivity index (χ4n) is 1.05. The van der Waals surface area contributed by atoms with Crippen LogP contribution in [0.4, 0.5) is 0 Å². The monoisotopic (exact) mass is 176 g/mol. The minimum Gasteiger partial charge on any atom is -0.359 e. The number of rotatable bonds is 2. The highest BCUT2D eigenvalue weighted by atomic mass is 16.5. The normalized spacial score (nSPS) is 10.2. The topological polar surface area (TPSA) is 48.0 Å². The van der Waals surface area contributed by atoms with Crippen molar-refractivity contribution in [1.82, 2.24) is 9.72 Å². The Kier molecular flexibility index (Phi) is 1.96.